The minimum atomic E-state index is 0.268. The first-order chi connectivity index (χ1) is 6.40. The van der Waals surface area contributed by atoms with E-state index in [9.17, 15) is 0 Å². The first kappa shape index (κ1) is 9.27. The number of hydrogen-bond acceptors (Lipinski definition) is 2. The maximum Gasteiger partial charge on any atom is 0.145 e. The number of para-hydroxylation sites is 1. The van der Waals surface area contributed by atoms with E-state index in [0.29, 0.717) is 0 Å². The maximum atomic E-state index is 5.74. The fourth-order valence-corrected chi connectivity index (χ4v) is 1.82. The summed E-state index contributed by atoms with van der Waals surface area (Å²) in [6.07, 6.45) is 0.268. The third-order valence-corrected chi connectivity index (χ3v) is 2.84. The number of rotatable bonds is 3. The maximum absolute atomic E-state index is 5.74. The molecule has 0 saturated carbocycles. The molecule has 0 amide bonds. The molecule has 2 nitrogen and oxygen atoms in total. The van der Waals surface area contributed by atoms with Crippen LogP contribution in [0.1, 0.15) is 5.56 Å². The van der Waals surface area contributed by atoms with Crippen LogP contribution >= 0.6 is 22.6 Å². The van der Waals surface area contributed by atoms with Crippen LogP contribution in [0.4, 0.5) is 0 Å². The van der Waals surface area contributed by atoms with Crippen LogP contribution in [-0.2, 0) is 9.16 Å². The van der Waals surface area contributed by atoms with Crippen molar-refractivity contribution in [3.05, 3.63) is 29.8 Å². The number of benzene rings is 1. The standard InChI is InChI=1S/C10H11IO2/c11-5-8-3-1-2-4-10(8)13-9-6-12-7-9/h1-4,9H,5-7H2. The summed E-state index contributed by atoms with van der Waals surface area (Å²) >= 11 is 2.34. The molecule has 0 N–H and O–H groups in total. The first-order valence-electron chi connectivity index (χ1n) is 4.28. The average molecular weight is 290 g/mol. The van der Waals surface area contributed by atoms with Gasteiger partial charge >= 0.3 is 0 Å². The lowest BCUT2D eigenvalue weighted by molar-refractivity contribution is -0.0799. The van der Waals surface area contributed by atoms with Gasteiger partial charge in [-0.15, -0.1) is 0 Å². The van der Waals surface area contributed by atoms with Crippen LogP contribution < -0.4 is 4.74 Å². The normalized spacial score (nSPS) is 16.7. The molecule has 0 spiro atoms. The monoisotopic (exact) mass is 290 g/mol. The molecule has 0 radical (unpaired) electrons. The van der Waals surface area contributed by atoms with Crippen molar-refractivity contribution in [2.24, 2.45) is 0 Å². The molecule has 0 aromatic heterocycles. The second-order valence-corrected chi connectivity index (χ2v) is 3.78. The van der Waals surface area contributed by atoms with Crippen molar-refractivity contribution in [1.29, 1.82) is 0 Å². The highest BCUT2D eigenvalue weighted by molar-refractivity contribution is 14.1. The number of hydrogen-bond donors (Lipinski definition) is 0. The van der Waals surface area contributed by atoms with Crippen molar-refractivity contribution in [2.45, 2.75) is 10.5 Å². The zero-order chi connectivity index (χ0) is 9.10. The van der Waals surface area contributed by atoms with Gasteiger partial charge in [0.25, 0.3) is 0 Å². The molecule has 1 fully saturated rings. The summed E-state index contributed by atoms with van der Waals surface area (Å²) in [5.74, 6) is 1.00. The fourth-order valence-electron chi connectivity index (χ4n) is 1.19. The molecule has 2 rings (SSSR count). The first-order valence-corrected chi connectivity index (χ1v) is 5.81. The predicted molar refractivity (Wildman–Crippen MR) is 59.4 cm³/mol. The molecule has 0 unspecified atom stereocenters. The second-order valence-electron chi connectivity index (χ2n) is 3.02. The molecule has 13 heavy (non-hydrogen) atoms. The predicted octanol–water partition coefficient (Wildman–Crippen LogP) is 2.40. The van der Waals surface area contributed by atoms with Crippen LogP contribution in [0.15, 0.2) is 24.3 Å². The van der Waals surface area contributed by atoms with Gasteiger partial charge in [-0.2, -0.15) is 0 Å². The van der Waals surface area contributed by atoms with E-state index >= 15 is 0 Å². The van der Waals surface area contributed by atoms with Gasteiger partial charge in [0.15, 0.2) is 0 Å². The Morgan fingerprint density at radius 1 is 1.38 bits per heavy atom. The summed E-state index contributed by atoms with van der Waals surface area (Å²) in [5, 5.41) is 0. The highest BCUT2D eigenvalue weighted by Crippen LogP contribution is 2.23. The van der Waals surface area contributed by atoms with Crippen molar-refractivity contribution in [1.82, 2.24) is 0 Å². The Morgan fingerprint density at radius 3 is 2.77 bits per heavy atom. The SMILES string of the molecule is ICc1ccccc1OC1COC1. The molecule has 1 saturated heterocycles. The van der Waals surface area contributed by atoms with Gasteiger partial charge in [-0.1, -0.05) is 40.8 Å². The van der Waals surface area contributed by atoms with E-state index in [1.807, 2.05) is 18.2 Å². The summed E-state index contributed by atoms with van der Waals surface area (Å²) in [7, 11) is 0. The molecule has 0 aliphatic carbocycles. The summed E-state index contributed by atoms with van der Waals surface area (Å²) in [4.78, 5) is 0. The molecule has 0 bridgehead atoms. The fraction of sp³-hybridized carbons (Fsp3) is 0.400. The van der Waals surface area contributed by atoms with E-state index in [0.717, 1.165) is 23.4 Å². The Bertz CT molecular complexity index is 284. The van der Waals surface area contributed by atoms with Crippen LogP contribution in [0.3, 0.4) is 0 Å². The van der Waals surface area contributed by atoms with Crippen molar-refractivity contribution in [2.75, 3.05) is 13.2 Å². The third-order valence-electron chi connectivity index (χ3n) is 2.02. The molecule has 1 aliphatic rings. The molecular weight excluding hydrogens is 279 g/mol. The summed E-state index contributed by atoms with van der Waals surface area (Å²) in [6.45, 7) is 1.46. The van der Waals surface area contributed by atoms with Crippen LogP contribution in [0, 0.1) is 0 Å². The Kier molecular flexibility index (Phi) is 3.05. The van der Waals surface area contributed by atoms with Crippen LogP contribution in [0.25, 0.3) is 0 Å². The van der Waals surface area contributed by atoms with Gasteiger partial charge in [-0.3, -0.25) is 0 Å². The second kappa shape index (κ2) is 4.28. The van der Waals surface area contributed by atoms with Crippen molar-refractivity contribution < 1.29 is 9.47 Å². The van der Waals surface area contributed by atoms with Gasteiger partial charge in [0.05, 0.1) is 13.2 Å². The Hall–Kier alpha value is -0.290. The minimum absolute atomic E-state index is 0.268. The van der Waals surface area contributed by atoms with Crippen LogP contribution in [0.2, 0.25) is 0 Å². The quantitative estimate of drug-likeness (QED) is 0.628. The van der Waals surface area contributed by atoms with Crippen LogP contribution in [0.5, 0.6) is 5.75 Å². The number of ether oxygens (including phenoxy) is 2. The van der Waals surface area contributed by atoms with E-state index in [-0.39, 0.29) is 6.10 Å². The van der Waals surface area contributed by atoms with Gasteiger partial charge in [-0.25, -0.2) is 0 Å². The van der Waals surface area contributed by atoms with Gasteiger partial charge in [0.2, 0.25) is 0 Å². The number of alkyl halides is 1. The zero-order valence-electron chi connectivity index (χ0n) is 7.20. The Balaban J connectivity index is 2.08. The van der Waals surface area contributed by atoms with Crippen molar-refractivity contribution in [3.8, 4) is 5.75 Å². The van der Waals surface area contributed by atoms with E-state index in [4.69, 9.17) is 9.47 Å². The van der Waals surface area contributed by atoms with Gasteiger partial charge in [0.1, 0.15) is 11.9 Å². The molecule has 0 atom stereocenters. The lowest BCUT2D eigenvalue weighted by atomic mass is 10.2. The summed E-state index contributed by atoms with van der Waals surface area (Å²) < 4.78 is 11.8. The van der Waals surface area contributed by atoms with Crippen molar-refractivity contribution in [3.63, 3.8) is 0 Å². The highest BCUT2D eigenvalue weighted by Gasteiger charge is 2.20. The van der Waals surface area contributed by atoms with Crippen LogP contribution in [-0.4, -0.2) is 19.3 Å². The highest BCUT2D eigenvalue weighted by atomic mass is 127. The van der Waals surface area contributed by atoms with E-state index < -0.39 is 0 Å². The minimum Gasteiger partial charge on any atom is -0.485 e. The van der Waals surface area contributed by atoms with Gasteiger partial charge < -0.3 is 9.47 Å². The Morgan fingerprint density at radius 2 is 2.15 bits per heavy atom. The molecule has 1 aliphatic heterocycles. The molecule has 3 heteroatoms. The largest absolute Gasteiger partial charge is 0.485 e. The molecular formula is C10H11IO2. The van der Waals surface area contributed by atoms with E-state index in [1.165, 1.54) is 5.56 Å². The molecule has 1 aromatic rings. The lowest BCUT2D eigenvalue weighted by Gasteiger charge is -2.27. The topological polar surface area (TPSA) is 18.5 Å². The van der Waals surface area contributed by atoms with Gasteiger partial charge in [-0.05, 0) is 6.07 Å². The molecule has 70 valence electrons. The van der Waals surface area contributed by atoms with E-state index in [2.05, 4.69) is 28.7 Å². The smallest absolute Gasteiger partial charge is 0.145 e. The summed E-state index contributed by atoms with van der Waals surface area (Å²) in [5.41, 5.74) is 1.26. The average Bonchev–Trinajstić information content (AvgIpc) is 2.12. The molecule has 1 heterocycles. The molecule has 1 aromatic carbocycles. The zero-order valence-corrected chi connectivity index (χ0v) is 9.36. The number of halogens is 1. The van der Waals surface area contributed by atoms with E-state index in [1.54, 1.807) is 0 Å². The van der Waals surface area contributed by atoms with Crippen molar-refractivity contribution >= 4 is 22.6 Å². The summed E-state index contributed by atoms with van der Waals surface area (Å²) in [6, 6.07) is 8.16. The Labute approximate surface area is 91.4 Å². The lowest BCUT2D eigenvalue weighted by Crippen LogP contribution is -2.38. The van der Waals surface area contributed by atoms with Gasteiger partial charge in [0, 0.05) is 9.99 Å². The third kappa shape index (κ3) is 2.14.